The van der Waals surface area contributed by atoms with E-state index in [1.165, 1.54) is 0 Å². The zero-order valence-corrected chi connectivity index (χ0v) is 17.9. The van der Waals surface area contributed by atoms with E-state index in [-0.39, 0.29) is 23.5 Å². The number of fused-ring (bicyclic) bond motifs is 1. The molecular weight excluding hydrogens is 376 g/mol. The molecule has 0 atom stereocenters. The van der Waals surface area contributed by atoms with Crippen LogP contribution < -0.4 is 0 Å². The first kappa shape index (κ1) is 19.6. The number of rotatable bonds is 1. The summed E-state index contributed by atoms with van der Waals surface area (Å²) in [5.41, 5.74) is 2.51. The molecule has 1 saturated carbocycles. The van der Waals surface area contributed by atoms with Crippen molar-refractivity contribution in [3.8, 4) is 0 Å². The van der Waals surface area contributed by atoms with Crippen LogP contribution in [0.2, 0.25) is 5.02 Å². The van der Waals surface area contributed by atoms with Crippen molar-refractivity contribution in [2.45, 2.75) is 71.6 Å². The molecule has 28 heavy (non-hydrogen) atoms. The highest BCUT2D eigenvalue weighted by Gasteiger charge is 2.49. The third-order valence-electron chi connectivity index (χ3n) is 6.32. The lowest BCUT2D eigenvalue weighted by Crippen LogP contribution is -2.61. The molecule has 2 aliphatic heterocycles. The normalized spacial score (nSPS) is 21.7. The fourth-order valence-electron chi connectivity index (χ4n) is 4.88. The summed E-state index contributed by atoms with van der Waals surface area (Å²) in [7, 11) is 0. The summed E-state index contributed by atoms with van der Waals surface area (Å²) in [6, 6.07) is 4.16. The lowest BCUT2D eigenvalue weighted by molar-refractivity contribution is -0.0566. The van der Waals surface area contributed by atoms with Crippen LogP contribution in [0.15, 0.2) is 12.1 Å². The molecule has 6 heteroatoms. The highest BCUT2D eigenvalue weighted by Crippen LogP contribution is 2.46. The maximum atomic E-state index is 12.9. The Morgan fingerprint density at radius 3 is 2.46 bits per heavy atom. The molecule has 0 bridgehead atoms. The predicted octanol–water partition coefficient (Wildman–Crippen LogP) is 4.78. The highest BCUT2D eigenvalue weighted by atomic mass is 35.5. The van der Waals surface area contributed by atoms with Gasteiger partial charge in [0.1, 0.15) is 5.60 Å². The SMILES string of the molecule is Cc1cc(Cl)c2c(c1)C(=O)N(C1CCC3(CC1)CN(C(=O)OC(C)(C)C)C3)C2. The van der Waals surface area contributed by atoms with E-state index in [0.717, 1.165) is 55.5 Å². The number of carbonyl (C=O) groups is 2. The van der Waals surface area contributed by atoms with Crippen molar-refractivity contribution in [3.63, 3.8) is 0 Å². The van der Waals surface area contributed by atoms with E-state index in [1.807, 2.05) is 49.6 Å². The maximum absolute atomic E-state index is 12.9. The molecule has 0 aromatic heterocycles. The van der Waals surface area contributed by atoms with Crippen LogP contribution in [-0.4, -0.2) is 46.5 Å². The van der Waals surface area contributed by atoms with Crippen molar-refractivity contribution in [1.29, 1.82) is 0 Å². The Balaban J connectivity index is 1.34. The van der Waals surface area contributed by atoms with Gasteiger partial charge in [-0.15, -0.1) is 0 Å². The van der Waals surface area contributed by atoms with E-state index < -0.39 is 5.60 Å². The van der Waals surface area contributed by atoms with Crippen molar-refractivity contribution in [2.24, 2.45) is 5.41 Å². The first-order chi connectivity index (χ1) is 13.1. The number of carbonyl (C=O) groups excluding carboxylic acids is 2. The molecular formula is C22H29ClN2O3. The first-order valence-corrected chi connectivity index (χ1v) is 10.5. The third-order valence-corrected chi connectivity index (χ3v) is 6.66. The molecule has 1 aliphatic carbocycles. The van der Waals surface area contributed by atoms with Gasteiger partial charge in [0.05, 0.1) is 0 Å². The molecule has 0 unspecified atom stereocenters. The van der Waals surface area contributed by atoms with Gasteiger partial charge in [0.15, 0.2) is 0 Å². The minimum absolute atomic E-state index is 0.116. The average Bonchev–Trinajstić information content (AvgIpc) is 2.88. The average molecular weight is 405 g/mol. The highest BCUT2D eigenvalue weighted by molar-refractivity contribution is 6.32. The Morgan fingerprint density at radius 2 is 1.86 bits per heavy atom. The molecule has 2 fully saturated rings. The second-order valence-corrected chi connectivity index (χ2v) is 10.2. The van der Waals surface area contributed by atoms with Gasteiger partial charge in [-0.2, -0.15) is 0 Å². The van der Waals surface area contributed by atoms with E-state index in [1.54, 1.807) is 0 Å². The number of benzene rings is 1. The second-order valence-electron chi connectivity index (χ2n) is 9.77. The Kier molecular flexibility index (Phi) is 4.65. The molecule has 0 N–H and O–H groups in total. The minimum atomic E-state index is -0.456. The summed E-state index contributed by atoms with van der Waals surface area (Å²) in [6.07, 6.45) is 3.85. The fourth-order valence-corrected chi connectivity index (χ4v) is 5.21. The topological polar surface area (TPSA) is 49.9 Å². The van der Waals surface area contributed by atoms with Crippen LogP contribution in [0.4, 0.5) is 4.79 Å². The number of amides is 2. The number of hydrogen-bond donors (Lipinski definition) is 0. The number of hydrogen-bond acceptors (Lipinski definition) is 3. The van der Waals surface area contributed by atoms with Gasteiger partial charge in [-0.05, 0) is 71.1 Å². The smallest absolute Gasteiger partial charge is 0.410 e. The van der Waals surface area contributed by atoms with Crippen LogP contribution in [0.1, 0.15) is 67.9 Å². The van der Waals surface area contributed by atoms with Gasteiger partial charge in [0.2, 0.25) is 0 Å². The van der Waals surface area contributed by atoms with E-state index in [0.29, 0.717) is 11.6 Å². The van der Waals surface area contributed by atoms with Crippen molar-refractivity contribution in [1.82, 2.24) is 9.80 Å². The standard InChI is InChI=1S/C22H29ClN2O3/c1-14-9-16-17(18(23)10-14)11-25(19(16)26)15-5-7-22(8-6-15)12-24(13-22)20(27)28-21(2,3)4/h9-10,15H,5-8,11-13H2,1-4H3. The van der Waals surface area contributed by atoms with Crippen LogP contribution in [0.25, 0.3) is 0 Å². The molecule has 3 aliphatic rings. The van der Waals surface area contributed by atoms with Crippen LogP contribution in [0.3, 0.4) is 0 Å². The van der Waals surface area contributed by atoms with Gasteiger partial charge in [0, 0.05) is 47.2 Å². The van der Waals surface area contributed by atoms with Crippen LogP contribution in [-0.2, 0) is 11.3 Å². The summed E-state index contributed by atoms with van der Waals surface area (Å²) in [6.45, 7) is 9.82. The van der Waals surface area contributed by atoms with Crippen molar-refractivity contribution in [3.05, 3.63) is 33.8 Å². The molecule has 1 saturated heterocycles. The van der Waals surface area contributed by atoms with E-state index >= 15 is 0 Å². The summed E-state index contributed by atoms with van der Waals surface area (Å²) in [4.78, 5) is 28.9. The first-order valence-electron chi connectivity index (χ1n) is 10.1. The number of halogens is 1. The summed E-state index contributed by atoms with van der Waals surface area (Å²) >= 11 is 6.38. The summed E-state index contributed by atoms with van der Waals surface area (Å²) in [5, 5.41) is 0.699. The predicted molar refractivity (Wildman–Crippen MR) is 109 cm³/mol. The van der Waals surface area contributed by atoms with Crippen LogP contribution in [0, 0.1) is 12.3 Å². The molecule has 2 heterocycles. The van der Waals surface area contributed by atoms with Gasteiger partial charge in [-0.1, -0.05) is 11.6 Å². The summed E-state index contributed by atoms with van der Waals surface area (Å²) in [5.74, 6) is 0.116. The zero-order valence-electron chi connectivity index (χ0n) is 17.2. The van der Waals surface area contributed by atoms with E-state index in [4.69, 9.17) is 16.3 Å². The van der Waals surface area contributed by atoms with Gasteiger partial charge in [-0.25, -0.2) is 4.79 Å². The van der Waals surface area contributed by atoms with Gasteiger partial charge in [0.25, 0.3) is 5.91 Å². The fraction of sp³-hybridized carbons (Fsp3) is 0.636. The number of likely N-dealkylation sites (tertiary alicyclic amines) is 1. The molecule has 1 spiro atoms. The molecule has 152 valence electrons. The Hall–Kier alpha value is -1.75. The van der Waals surface area contributed by atoms with Crippen molar-refractivity contribution in [2.75, 3.05) is 13.1 Å². The zero-order chi connectivity index (χ0) is 20.3. The third kappa shape index (κ3) is 3.49. The van der Waals surface area contributed by atoms with E-state index in [9.17, 15) is 9.59 Å². The Morgan fingerprint density at radius 1 is 1.21 bits per heavy atom. The lowest BCUT2D eigenvalue weighted by atomic mass is 9.67. The van der Waals surface area contributed by atoms with Crippen LogP contribution in [0.5, 0.6) is 0 Å². The van der Waals surface area contributed by atoms with Crippen LogP contribution >= 0.6 is 11.6 Å². The van der Waals surface area contributed by atoms with Gasteiger partial charge >= 0.3 is 6.09 Å². The Bertz CT molecular complexity index is 814. The Labute approximate surface area is 172 Å². The molecule has 5 nitrogen and oxygen atoms in total. The molecule has 0 radical (unpaired) electrons. The largest absolute Gasteiger partial charge is 0.444 e. The number of aryl methyl sites for hydroxylation is 1. The molecule has 1 aromatic rings. The maximum Gasteiger partial charge on any atom is 0.410 e. The summed E-state index contributed by atoms with van der Waals surface area (Å²) < 4.78 is 5.47. The van der Waals surface area contributed by atoms with Crippen molar-refractivity contribution >= 4 is 23.6 Å². The van der Waals surface area contributed by atoms with Gasteiger partial charge in [-0.3, -0.25) is 4.79 Å². The molecule has 1 aromatic carbocycles. The number of ether oxygens (including phenoxy) is 1. The monoisotopic (exact) mass is 404 g/mol. The van der Waals surface area contributed by atoms with Crippen molar-refractivity contribution < 1.29 is 14.3 Å². The van der Waals surface area contributed by atoms with E-state index in [2.05, 4.69) is 0 Å². The quantitative estimate of drug-likeness (QED) is 0.676. The van der Waals surface area contributed by atoms with Gasteiger partial charge < -0.3 is 14.5 Å². The minimum Gasteiger partial charge on any atom is -0.444 e. The molecule has 4 rings (SSSR count). The molecule has 2 amide bonds. The number of nitrogens with zero attached hydrogens (tertiary/aromatic N) is 2. The lowest BCUT2D eigenvalue weighted by Gasteiger charge is -2.53. The second kappa shape index (κ2) is 6.65.